The molecule has 5 aromatic rings. The molecule has 1 atom stereocenters. The van der Waals surface area contributed by atoms with Gasteiger partial charge in [-0.2, -0.15) is 4.98 Å². The average molecular weight is 667 g/mol. The molecule has 16 heteroatoms. The summed E-state index contributed by atoms with van der Waals surface area (Å²) in [6.07, 6.45) is 0.997. The molecular weight excluding hydrogens is 645 g/mol. The van der Waals surface area contributed by atoms with Crippen molar-refractivity contribution in [3.63, 3.8) is 0 Å². The summed E-state index contributed by atoms with van der Waals surface area (Å²) in [5.74, 6) is -0.870. The Balaban J connectivity index is 1.29. The maximum atomic E-state index is 13.8. The van der Waals surface area contributed by atoms with Crippen LogP contribution in [0.1, 0.15) is 11.3 Å². The number of nitrogens with zero attached hydrogens (tertiary/aromatic N) is 3. The van der Waals surface area contributed by atoms with Crippen LogP contribution in [0.2, 0.25) is 5.02 Å². The van der Waals surface area contributed by atoms with Gasteiger partial charge >= 0.3 is 13.4 Å². The quantitative estimate of drug-likeness (QED) is 0.136. The lowest BCUT2D eigenvalue weighted by molar-refractivity contribution is 0.114. The first-order chi connectivity index (χ1) is 19.7. The number of nitrogen functional groups attached to an aromatic ring is 1. The van der Waals surface area contributed by atoms with Crippen molar-refractivity contribution >= 4 is 52.2 Å². The maximum Gasteiger partial charge on any atom is 0.519 e. The third kappa shape index (κ3) is 7.22. The van der Waals surface area contributed by atoms with Crippen LogP contribution >= 0.6 is 35.1 Å². The second-order valence-corrected chi connectivity index (χ2v) is 11.9. The van der Waals surface area contributed by atoms with E-state index in [4.69, 9.17) is 40.0 Å². The lowest BCUT2D eigenvalue weighted by atomic mass is 10.1. The van der Waals surface area contributed by atoms with Crippen molar-refractivity contribution in [2.45, 2.75) is 19.8 Å². The summed E-state index contributed by atoms with van der Waals surface area (Å²) in [6.45, 7) is -0.182. The number of aromatic amines is 1. The Morgan fingerprint density at radius 3 is 2.66 bits per heavy atom. The Hall–Kier alpha value is -3.52. The number of nitrogens with one attached hydrogen (secondary N) is 1. The van der Waals surface area contributed by atoms with E-state index >= 15 is 0 Å². The lowest BCUT2D eigenvalue weighted by Crippen LogP contribution is -2.13. The normalized spacial score (nSPS) is 13.0. The Kier molecular flexibility index (Phi) is 8.88. The first kappa shape index (κ1) is 29.0. The molecule has 0 saturated carbocycles. The van der Waals surface area contributed by atoms with Crippen LogP contribution in [-0.4, -0.2) is 32.5 Å². The van der Waals surface area contributed by atoms with Crippen molar-refractivity contribution in [2.75, 3.05) is 18.7 Å². The molecule has 0 saturated heterocycles. The van der Waals surface area contributed by atoms with Crippen LogP contribution in [0, 0.1) is 0 Å². The minimum Gasteiger partial charge on any atom is -0.393 e. The highest BCUT2D eigenvalue weighted by molar-refractivity contribution is 9.10. The van der Waals surface area contributed by atoms with E-state index in [-0.39, 0.29) is 48.4 Å². The number of benzene rings is 2. The number of imidazole rings is 1. The summed E-state index contributed by atoms with van der Waals surface area (Å²) in [6, 6.07) is 13.8. The molecule has 0 amide bonds. The van der Waals surface area contributed by atoms with E-state index in [2.05, 4.69) is 30.9 Å². The van der Waals surface area contributed by atoms with Crippen molar-refractivity contribution in [3.05, 3.63) is 96.6 Å². The molecule has 2 aromatic carbocycles. The monoisotopic (exact) mass is 665 g/mol. The fourth-order valence-electron chi connectivity index (χ4n) is 3.77. The van der Waals surface area contributed by atoms with Crippen LogP contribution in [0.15, 0.2) is 77.8 Å². The molecule has 0 aliphatic carbocycles. The summed E-state index contributed by atoms with van der Waals surface area (Å²) < 4.78 is 43.6. The van der Waals surface area contributed by atoms with Gasteiger partial charge in [-0.3, -0.25) is 18.9 Å². The fraction of sp³-hybridized carbons (Fsp3) is 0.200. The zero-order chi connectivity index (χ0) is 29.0. The molecule has 214 valence electrons. The lowest BCUT2D eigenvalue weighted by Gasteiger charge is -2.18. The number of anilines is 1. The van der Waals surface area contributed by atoms with Crippen molar-refractivity contribution in [3.8, 4) is 11.3 Å². The summed E-state index contributed by atoms with van der Waals surface area (Å²) >= 11 is 9.35. The van der Waals surface area contributed by atoms with Crippen LogP contribution < -0.4 is 17.1 Å². The highest BCUT2D eigenvalue weighted by Crippen LogP contribution is 2.50. The number of nitrogens with two attached hydrogens (primary N) is 1. The molecule has 3 aromatic heterocycles. The predicted molar refractivity (Wildman–Crippen MR) is 152 cm³/mol. The summed E-state index contributed by atoms with van der Waals surface area (Å²) in [7, 11) is -3.92. The maximum absolute atomic E-state index is 13.8. The van der Waals surface area contributed by atoms with Gasteiger partial charge in [0.15, 0.2) is 22.7 Å². The van der Waals surface area contributed by atoms with Gasteiger partial charge in [-0.1, -0.05) is 39.7 Å². The molecule has 41 heavy (non-hydrogen) atoms. The third-order valence-corrected chi connectivity index (χ3v) is 7.97. The van der Waals surface area contributed by atoms with E-state index in [1.807, 2.05) is 18.2 Å². The summed E-state index contributed by atoms with van der Waals surface area (Å²) in [4.78, 5) is 34.4. The van der Waals surface area contributed by atoms with Crippen LogP contribution in [0.25, 0.3) is 22.5 Å². The van der Waals surface area contributed by atoms with Crippen molar-refractivity contribution in [1.82, 2.24) is 19.5 Å². The van der Waals surface area contributed by atoms with Gasteiger partial charge in [-0.05, 0) is 42.0 Å². The first-order valence-electron chi connectivity index (χ1n) is 12.0. The van der Waals surface area contributed by atoms with Gasteiger partial charge in [0.25, 0.3) is 5.56 Å². The molecule has 0 fully saturated rings. The standard InChI is InChI=1S/C25H22BrClN5O8P/c26-17-3-1-2-15(10-17)11-37-41(35,14-36-9-8-32-13-29-20-22(32)30-24(28)31-23(20)33)38-12-19-21(40-25(34)39-19)16-4-6-18(27)7-5-16/h1-7,10,13H,8-9,11-12,14H2,(H3,28,30,31,33). The largest absolute Gasteiger partial charge is 0.519 e. The number of H-pyrrole nitrogens is 1. The Morgan fingerprint density at radius 1 is 1.10 bits per heavy atom. The van der Waals surface area contributed by atoms with Crippen molar-refractivity contribution < 1.29 is 27.2 Å². The van der Waals surface area contributed by atoms with E-state index in [1.165, 1.54) is 6.33 Å². The number of ether oxygens (including phenoxy) is 1. The minimum atomic E-state index is -3.92. The van der Waals surface area contributed by atoms with Gasteiger partial charge in [-0.25, -0.2) is 9.78 Å². The highest BCUT2D eigenvalue weighted by atomic mass is 79.9. The second-order valence-electron chi connectivity index (χ2n) is 8.60. The minimum absolute atomic E-state index is 0.0161. The molecule has 0 spiro atoms. The molecule has 0 aliphatic rings. The number of rotatable bonds is 12. The van der Waals surface area contributed by atoms with Crippen LogP contribution in [-0.2, 0) is 38.1 Å². The zero-order valence-electron chi connectivity index (χ0n) is 21.1. The van der Waals surface area contributed by atoms with Gasteiger partial charge in [-0.15, -0.1) is 0 Å². The second kappa shape index (κ2) is 12.6. The first-order valence-corrected chi connectivity index (χ1v) is 14.9. The van der Waals surface area contributed by atoms with E-state index < -0.39 is 31.9 Å². The molecule has 1 unspecified atom stereocenters. The zero-order valence-corrected chi connectivity index (χ0v) is 24.4. The van der Waals surface area contributed by atoms with Crippen molar-refractivity contribution in [2.24, 2.45) is 0 Å². The number of hydrogen-bond donors (Lipinski definition) is 2. The molecule has 3 N–H and O–H groups in total. The smallest absolute Gasteiger partial charge is 0.393 e. The molecule has 0 bridgehead atoms. The molecule has 0 radical (unpaired) electrons. The molecular formula is C25H22BrClN5O8P. The van der Waals surface area contributed by atoms with E-state index in [0.29, 0.717) is 10.6 Å². The average Bonchev–Trinajstić information content (AvgIpc) is 3.52. The SMILES string of the molecule is Nc1nc2c(ncn2CCOCP(=O)(OCc2cccc(Br)c2)OCc2oc(=O)oc2-c2ccc(Cl)cc2)c(=O)[nH]1. The number of halogens is 2. The van der Waals surface area contributed by atoms with Gasteiger partial charge in [0.05, 0.1) is 19.5 Å². The van der Waals surface area contributed by atoms with Gasteiger partial charge in [0.1, 0.15) is 13.0 Å². The van der Waals surface area contributed by atoms with Gasteiger partial charge in [0, 0.05) is 21.6 Å². The predicted octanol–water partition coefficient (Wildman–Crippen LogP) is 4.93. The fourth-order valence-corrected chi connectivity index (χ4v) is 5.57. The van der Waals surface area contributed by atoms with Crippen LogP contribution in [0.3, 0.4) is 0 Å². The molecule has 13 nitrogen and oxygen atoms in total. The molecule has 5 rings (SSSR count). The number of fused-ring (bicyclic) bond motifs is 1. The Morgan fingerprint density at radius 2 is 1.88 bits per heavy atom. The highest BCUT2D eigenvalue weighted by Gasteiger charge is 2.28. The Labute approximate surface area is 244 Å². The van der Waals surface area contributed by atoms with Crippen molar-refractivity contribution in [1.29, 1.82) is 0 Å². The van der Waals surface area contributed by atoms with E-state index in [1.54, 1.807) is 34.9 Å². The summed E-state index contributed by atoms with van der Waals surface area (Å²) in [5, 5.41) is 0.495. The third-order valence-electron chi connectivity index (χ3n) is 5.68. The number of aromatic nitrogens is 4. The summed E-state index contributed by atoms with van der Waals surface area (Å²) in [5.41, 5.74) is 6.84. The van der Waals surface area contributed by atoms with Crippen LogP contribution in [0.5, 0.6) is 0 Å². The number of hydrogen-bond acceptors (Lipinski definition) is 11. The van der Waals surface area contributed by atoms with Gasteiger partial charge in [0.2, 0.25) is 5.95 Å². The molecule has 0 aliphatic heterocycles. The topological polar surface area (TPSA) is 178 Å². The van der Waals surface area contributed by atoms with Crippen LogP contribution in [0.4, 0.5) is 5.95 Å². The Bertz CT molecular complexity index is 1830. The van der Waals surface area contributed by atoms with E-state index in [0.717, 1.165) is 10.0 Å². The molecule has 3 heterocycles. The van der Waals surface area contributed by atoms with Gasteiger partial charge < -0.3 is 28.4 Å². The van der Waals surface area contributed by atoms with E-state index in [9.17, 15) is 14.2 Å².